The molecule has 0 spiro atoms. The number of benzene rings is 1. The molecule has 23 heavy (non-hydrogen) atoms. The molecule has 0 bridgehead atoms. The van der Waals surface area contributed by atoms with Crippen molar-refractivity contribution in [3.63, 3.8) is 0 Å². The normalized spacial score (nSPS) is 22.3. The quantitative estimate of drug-likeness (QED) is 0.918. The summed E-state index contributed by atoms with van der Waals surface area (Å²) >= 11 is 0. The highest BCUT2D eigenvalue weighted by Crippen LogP contribution is 2.33. The smallest absolute Gasteiger partial charge is 0.328 e. The minimum absolute atomic E-state index is 0.145. The fourth-order valence-corrected chi connectivity index (χ4v) is 3.14. The van der Waals surface area contributed by atoms with E-state index in [9.17, 15) is 13.2 Å². The molecule has 0 saturated heterocycles. The zero-order valence-electron chi connectivity index (χ0n) is 12.8. The Kier molecular flexibility index (Phi) is 4.14. The Morgan fingerprint density at radius 1 is 1.17 bits per heavy atom. The molecule has 1 saturated carbocycles. The lowest BCUT2D eigenvalue weighted by Gasteiger charge is -2.26. The van der Waals surface area contributed by atoms with E-state index >= 15 is 0 Å². The van der Waals surface area contributed by atoms with Crippen LogP contribution in [-0.2, 0) is 6.18 Å². The molecule has 4 nitrogen and oxygen atoms in total. The van der Waals surface area contributed by atoms with Crippen LogP contribution in [0.25, 0.3) is 5.69 Å². The van der Waals surface area contributed by atoms with Crippen LogP contribution in [0.2, 0.25) is 0 Å². The van der Waals surface area contributed by atoms with Crippen LogP contribution in [0.5, 0.6) is 0 Å². The van der Waals surface area contributed by atoms with Crippen molar-refractivity contribution in [2.45, 2.75) is 50.7 Å². The predicted octanol–water partition coefficient (Wildman–Crippen LogP) is 3.58. The second-order valence-corrected chi connectivity index (χ2v) is 6.10. The molecule has 1 aromatic carbocycles. The monoisotopic (exact) mass is 324 g/mol. The third-order valence-corrected chi connectivity index (χ3v) is 4.26. The Hall–Kier alpha value is -1.89. The van der Waals surface area contributed by atoms with E-state index in [1.807, 2.05) is 0 Å². The van der Waals surface area contributed by atoms with Crippen LogP contribution in [0.1, 0.15) is 48.8 Å². The Balaban J connectivity index is 1.94. The molecule has 2 N–H and O–H groups in total. The minimum Gasteiger partial charge on any atom is -0.328 e. The van der Waals surface area contributed by atoms with Gasteiger partial charge in [0.15, 0.2) is 0 Å². The SMILES string of the molecule is Cc1nc([C@@H]2CCC[C@H](N)C2)n(-c2ccc(C(F)(F)F)cc2)n1. The van der Waals surface area contributed by atoms with Gasteiger partial charge in [-0.05, 0) is 50.5 Å². The molecule has 7 heteroatoms. The molecule has 1 aliphatic carbocycles. The number of hydrogen-bond donors (Lipinski definition) is 1. The van der Waals surface area contributed by atoms with Gasteiger partial charge in [-0.15, -0.1) is 0 Å². The Morgan fingerprint density at radius 3 is 2.48 bits per heavy atom. The van der Waals surface area contributed by atoms with E-state index < -0.39 is 11.7 Å². The van der Waals surface area contributed by atoms with Gasteiger partial charge in [-0.1, -0.05) is 6.42 Å². The zero-order chi connectivity index (χ0) is 16.6. The molecule has 3 rings (SSSR count). The van der Waals surface area contributed by atoms with Crippen LogP contribution < -0.4 is 5.73 Å². The number of rotatable bonds is 2. The van der Waals surface area contributed by atoms with E-state index in [0.717, 1.165) is 43.6 Å². The molecular formula is C16H19F3N4. The molecule has 0 unspecified atom stereocenters. The molecule has 124 valence electrons. The van der Waals surface area contributed by atoms with Gasteiger partial charge in [0.05, 0.1) is 11.3 Å². The van der Waals surface area contributed by atoms with E-state index in [4.69, 9.17) is 5.73 Å². The number of nitrogens with zero attached hydrogens (tertiary/aromatic N) is 3. The van der Waals surface area contributed by atoms with Crippen molar-refractivity contribution in [3.05, 3.63) is 41.5 Å². The molecular weight excluding hydrogens is 305 g/mol. The van der Waals surface area contributed by atoms with Gasteiger partial charge in [-0.3, -0.25) is 0 Å². The molecule has 0 radical (unpaired) electrons. The summed E-state index contributed by atoms with van der Waals surface area (Å²) in [4.78, 5) is 4.49. The zero-order valence-corrected chi connectivity index (χ0v) is 12.8. The number of halogens is 3. The van der Waals surface area contributed by atoms with Crippen LogP contribution >= 0.6 is 0 Å². The fraction of sp³-hybridized carbons (Fsp3) is 0.500. The van der Waals surface area contributed by atoms with Gasteiger partial charge in [-0.25, -0.2) is 9.67 Å². The second kappa shape index (κ2) is 5.96. The fourth-order valence-electron chi connectivity index (χ4n) is 3.14. The van der Waals surface area contributed by atoms with Crippen molar-refractivity contribution < 1.29 is 13.2 Å². The van der Waals surface area contributed by atoms with Crippen molar-refractivity contribution in [1.29, 1.82) is 0 Å². The van der Waals surface area contributed by atoms with Crippen LogP contribution in [0.15, 0.2) is 24.3 Å². The van der Waals surface area contributed by atoms with E-state index in [-0.39, 0.29) is 12.0 Å². The first-order valence-corrected chi connectivity index (χ1v) is 7.71. The summed E-state index contributed by atoms with van der Waals surface area (Å²) in [6.45, 7) is 1.78. The van der Waals surface area contributed by atoms with Crippen molar-refractivity contribution in [2.75, 3.05) is 0 Å². The average molecular weight is 324 g/mol. The Bertz CT molecular complexity index is 676. The summed E-state index contributed by atoms with van der Waals surface area (Å²) in [5.74, 6) is 1.60. The van der Waals surface area contributed by atoms with Gasteiger partial charge in [0.25, 0.3) is 0 Å². The Morgan fingerprint density at radius 2 is 1.87 bits per heavy atom. The largest absolute Gasteiger partial charge is 0.416 e. The first-order valence-electron chi connectivity index (χ1n) is 7.71. The topological polar surface area (TPSA) is 56.7 Å². The molecule has 2 aromatic rings. The molecule has 1 fully saturated rings. The van der Waals surface area contributed by atoms with Crippen molar-refractivity contribution in [3.8, 4) is 5.69 Å². The highest BCUT2D eigenvalue weighted by Gasteiger charge is 2.30. The highest BCUT2D eigenvalue weighted by atomic mass is 19.4. The van der Waals surface area contributed by atoms with Crippen LogP contribution in [0, 0.1) is 6.92 Å². The summed E-state index contributed by atoms with van der Waals surface area (Å²) in [5.41, 5.74) is 5.97. The highest BCUT2D eigenvalue weighted by molar-refractivity contribution is 5.36. The lowest BCUT2D eigenvalue weighted by atomic mass is 9.85. The number of nitrogens with two attached hydrogens (primary N) is 1. The van der Waals surface area contributed by atoms with E-state index in [1.165, 1.54) is 12.1 Å². The summed E-state index contributed by atoms with van der Waals surface area (Å²) in [7, 11) is 0. The summed E-state index contributed by atoms with van der Waals surface area (Å²) in [5, 5.41) is 4.36. The van der Waals surface area contributed by atoms with Gasteiger partial charge >= 0.3 is 6.18 Å². The number of alkyl halides is 3. The van der Waals surface area contributed by atoms with Crippen molar-refractivity contribution in [2.24, 2.45) is 5.73 Å². The molecule has 1 aliphatic rings. The maximum atomic E-state index is 12.7. The summed E-state index contributed by atoms with van der Waals surface area (Å²) in [6.07, 6.45) is -0.490. The van der Waals surface area contributed by atoms with E-state index in [0.29, 0.717) is 11.5 Å². The van der Waals surface area contributed by atoms with Gasteiger partial charge in [0.2, 0.25) is 0 Å². The molecule has 1 aromatic heterocycles. The second-order valence-electron chi connectivity index (χ2n) is 6.10. The van der Waals surface area contributed by atoms with Crippen LogP contribution in [0.3, 0.4) is 0 Å². The van der Waals surface area contributed by atoms with E-state index in [1.54, 1.807) is 11.6 Å². The third-order valence-electron chi connectivity index (χ3n) is 4.26. The molecule has 1 heterocycles. The minimum atomic E-state index is -4.34. The summed E-state index contributed by atoms with van der Waals surface area (Å²) < 4.78 is 39.7. The standard InChI is InChI=1S/C16H19F3N4/c1-10-21-15(11-3-2-4-13(20)9-11)23(22-10)14-7-5-12(6-8-14)16(17,18)19/h5-8,11,13H,2-4,9,20H2,1H3/t11-,13+/m1/s1. The van der Waals surface area contributed by atoms with Crippen LogP contribution in [-0.4, -0.2) is 20.8 Å². The van der Waals surface area contributed by atoms with Crippen molar-refractivity contribution in [1.82, 2.24) is 14.8 Å². The number of aromatic nitrogens is 3. The van der Waals surface area contributed by atoms with Crippen molar-refractivity contribution >= 4 is 0 Å². The predicted molar refractivity (Wildman–Crippen MR) is 80.3 cm³/mol. The first kappa shape index (κ1) is 16.0. The lowest BCUT2D eigenvalue weighted by Crippen LogP contribution is -2.28. The van der Waals surface area contributed by atoms with Gasteiger partial charge in [-0.2, -0.15) is 18.3 Å². The number of aryl methyl sites for hydroxylation is 1. The lowest BCUT2D eigenvalue weighted by molar-refractivity contribution is -0.137. The van der Waals surface area contributed by atoms with Gasteiger partial charge in [0.1, 0.15) is 11.6 Å². The maximum absolute atomic E-state index is 12.7. The number of hydrogen-bond acceptors (Lipinski definition) is 3. The Labute approximate surface area is 132 Å². The summed E-state index contributed by atoms with van der Waals surface area (Å²) in [6, 6.07) is 5.16. The molecule has 2 atom stereocenters. The van der Waals surface area contributed by atoms with Gasteiger partial charge in [0, 0.05) is 12.0 Å². The first-order chi connectivity index (χ1) is 10.8. The van der Waals surface area contributed by atoms with E-state index in [2.05, 4.69) is 10.1 Å². The van der Waals surface area contributed by atoms with Gasteiger partial charge < -0.3 is 5.73 Å². The third kappa shape index (κ3) is 3.39. The maximum Gasteiger partial charge on any atom is 0.416 e. The molecule has 0 aliphatic heterocycles. The molecule has 0 amide bonds. The van der Waals surface area contributed by atoms with Crippen LogP contribution in [0.4, 0.5) is 13.2 Å². The average Bonchev–Trinajstić information content (AvgIpc) is 2.88.